The highest BCUT2D eigenvalue weighted by molar-refractivity contribution is 6.33. The molecule has 7 nitrogen and oxygen atoms in total. The van der Waals surface area contributed by atoms with Gasteiger partial charge in [0, 0.05) is 16.0 Å². The van der Waals surface area contributed by atoms with Crippen LogP contribution in [-0.2, 0) is 19.2 Å². The highest BCUT2D eigenvalue weighted by Gasteiger charge is 2.62. The van der Waals surface area contributed by atoms with Crippen molar-refractivity contribution in [2.24, 2.45) is 29.6 Å². The summed E-state index contributed by atoms with van der Waals surface area (Å²) < 4.78 is 14.8. The van der Waals surface area contributed by atoms with Crippen LogP contribution in [-0.4, -0.2) is 28.7 Å². The van der Waals surface area contributed by atoms with E-state index in [1.54, 1.807) is 42.5 Å². The van der Waals surface area contributed by atoms with Crippen molar-refractivity contribution in [3.8, 4) is 5.75 Å². The first-order chi connectivity index (χ1) is 21.0. The Morgan fingerprint density at radius 2 is 1.30 bits per heavy atom. The van der Waals surface area contributed by atoms with E-state index in [1.807, 2.05) is 19.9 Å². The van der Waals surface area contributed by atoms with Crippen molar-refractivity contribution in [2.45, 2.75) is 32.6 Å². The fourth-order valence-electron chi connectivity index (χ4n) is 7.63. The molecule has 6 unspecified atom stereocenters. The number of hydrogen-bond acceptors (Lipinski definition) is 5. The fraction of sp³-hybridized carbons (Fsp3) is 0.294. The van der Waals surface area contributed by atoms with Gasteiger partial charge in [0.2, 0.25) is 23.6 Å². The number of allylic oxidation sites excluding steroid dienone is 2. The maximum atomic E-state index is 14.8. The van der Waals surface area contributed by atoms with E-state index in [2.05, 4.69) is 0 Å². The van der Waals surface area contributed by atoms with E-state index in [-0.39, 0.29) is 24.7 Å². The number of fused-ring (bicyclic) bond motifs is 4. The average Bonchev–Trinajstić information content (AvgIpc) is 3.40. The van der Waals surface area contributed by atoms with Crippen LogP contribution in [0.1, 0.15) is 35.4 Å². The van der Waals surface area contributed by atoms with Gasteiger partial charge in [0.25, 0.3) is 0 Å². The molecule has 0 radical (unpaired) electrons. The smallest absolute Gasteiger partial charge is 0.238 e. The minimum Gasteiger partial charge on any atom is -0.505 e. The number of carbonyl (C=O) groups is 4. The maximum Gasteiger partial charge on any atom is 0.238 e. The number of amides is 4. The highest BCUT2D eigenvalue weighted by Crippen LogP contribution is 2.58. The van der Waals surface area contributed by atoms with Crippen molar-refractivity contribution in [1.29, 1.82) is 0 Å². The molecule has 0 spiro atoms. The van der Waals surface area contributed by atoms with Gasteiger partial charge >= 0.3 is 0 Å². The molecule has 3 aromatic rings. The lowest BCUT2D eigenvalue weighted by molar-refractivity contribution is -0.126. The Morgan fingerprint density at radius 1 is 0.727 bits per heavy atom. The second-order valence-electron chi connectivity index (χ2n) is 12.1. The summed E-state index contributed by atoms with van der Waals surface area (Å²) in [6.07, 6.45) is 2.32. The van der Waals surface area contributed by atoms with Gasteiger partial charge in [0.1, 0.15) is 0 Å². The van der Waals surface area contributed by atoms with Crippen molar-refractivity contribution in [3.63, 3.8) is 0 Å². The van der Waals surface area contributed by atoms with Crippen molar-refractivity contribution in [1.82, 2.24) is 0 Å². The van der Waals surface area contributed by atoms with Crippen LogP contribution < -0.4 is 9.80 Å². The van der Waals surface area contributed by atoms with Gasteiger partial charge in [0.15, 0.2) is 11.6 Å². The van der Waals surface area contributed by atoms with Crippen LogP contribution in [0.5, 0.6) is 5.75 Å². The summed E-state index contributed by atoms with van der Waals surface area (Å²) in [6.45, 7) is 3.64. The van der Waals surface area contributed by atoms with Crippen LogP contribution in [0.4, 0.5) is 15.8 Å². The summed E-state index contributed by atoms with van der Waals surface area (Å²) >= 11 is 12.7. The van der Waals surface area contributed by atoms with Crippen molar-refractivity contribution >= 4 is 58.2 Å². The second kappa shape index (κ2) is 10.3. The predicted octanol–water partition coefficient (Wildman–Crippen LogP) is 6.50. The maximum absolute atomic E-state index is 14.8. The van der Waals surface area contributed by atoms with E-state index in [1.165, 1.54) is 17.0 Å². The number of anilines is 2. The molecule has 2 aliphatic carbocycles. The Hall–Kier alpha value is -4.01. The van der Waals surface area contributed by atoms with Crippen LogP contribution in [0.25, 0.3) is 0 Å². The summed E-state index contributed by atoms with van der Waals surface area (Å²) in [5, 5.41) is 10.8. The van der Waals surface area contributed by atoms with Crippen LogP contribution >= 0.6 is 23.2 Å². The molecule has 44 heavy (non-hydrogen) atoms. The molecule has 7 rings (SSSR count). The minimum atomic E-state index is -0.871. The van der Waals surface area contributed by atoms with E-state index in [9.17, 15) is 28.7 Å². The van der Waals surface area contributed by atoms with Crippen molar-refractivity contribution < 1.29 is 28.7 Å². The highest BCUT2D eigenvalue weighted by atomic mass is 35.5. The Labute approximate surface area is 262 Å². The molecule has 2 heterocycles. The Bertz CT molecular complexity index is 1840. The number of hydrogen-bond donors (Lipinski definition) is 1. The molecular formula is C34H27Cl2FN2O5. The normalized spacial score (nSPS) is 27.8. The molecule has 3 aromatic carbocycles. The number of benzene rings is 3. The van der Waals surface area contributed by atoms with Crippen LogP contribution in [0.3, 0.4) is 0 Å². The first kappa shape index (κ1) is 28.7. The zero-order valence-electron chi connectivity index (χ0n) is 23.8. The lowest BCUT2D eigenvalue weighted by Gasteiger charge is -2.44. The van der Waals surface area contributed by atoms with E-state index in [0.717, 1.165) is 21.6 Å². The first-order valence-corrected chi connectivity index (χ1v) is 15.2. The molecule has 224 valence electrons. The van der Waals surface area contributed by atoms with Crippen LogP contribution in [0.2, 0.25) is 10.0 Å². The van der Waals surface area contributed by atoms with E-state index >= 15 is 0 Å². The SMILES string of the molecule is Cc1ccc(N2C(=O)C3CC=C4C(CC5C(=O)N(c6ccc(C)c(Cl)c6)C(=O)C5C4c4ccc(O)c(F)c4)C3C2=O)cc1Cl. The number of rotatable bonds is 3. The van der Waals surface area contributed by atoms with Gasteiger partial charge in [-0.15, -0.1) is 0 Å². The van der Waals surface area contributed by atoms with Gasteiger partial charge in [-0.1, -0.05) is 53.1 Å². The Kier molecular flexibility index (Phi) is 6.71. The molecule has 2 aliphatic heterocycles. The summed E-state index contributed by atoms with van der Waals surface area (Å²) in [7, 11) is 0. The Balaban J connectivity index is 1.34. The standard InChI is InChI=1S/C34H27Cl2FN2O5/c1-15-3-6-18(12-24(15)35)38-31(41)21-9-8-20-22(29(21)33(38)43)14-23-30(28(20)17-5-10-27(40)26(37)11-17)34(44)39(32(23)42)19-7-4-16(2)25(36)13-19/h3-8,10-13,21-23,28-30,40H,9,14H2,1-2H3. The molecule has 6 atom stereocenters. The largest absolute Gasteiger partial charge is 0.505 e. The second-order valence-corrected chi connectivity index (χ2v) is 12.9. The van der Waals surface area contributed by atoms with E-state index < -0.39 is 58.9 Å². The third-order valence-corrected chi connectivity index (χ3v) is 10.6. The zero-order valence-corrected chi connectivity index (χ0v) is 25.3. The summed E-state index contributed by atoms with van der Waals surface area (Å²) in [6, 6.07) is 13.9. The lowest BCUT2D eigenvalue weighted by atomic mass is 9.57. The molecule has 0 bridgehead atoms. The topological polar surface area (TPSA) is 95.0 Å². The number of phenols is 1. The number of imide groups is 2. The van der Waals surface area contributed by atoms with Gasteiger partial charge in [-0.3, -0.25) is 19.2 Å². The molecule has 4 aliphatic rings. The molecule has 1 saturated carbocycles. The molecule has 0 aromatic heterocycles. The third kappa shape index (κ3) is 4.14. The zero-order chi connectivity index (χ0) is 31.2. The molecule has 2 saturated heterocycles. The van der Waals surface area contributed by atoms with Gasteiger partial charge < -0.3 is 5.11 Å². The van der Waals surface area contributed by atoms with Crippen molar-refractivity contribution in [2.75, 3.05) is 9.80 Å². The van der Waals surface area contributed by atoms with E-state index in [0.29, 0.717) is 27.0 Å². The number of aromatic hydroxyl groups is 1. The summed E-state index contributed by atoms with van der Waals surface area (Å²) in [5.74, 6) is -7.38. The lowest BCUT2D eigenvalue weighted by Crippen LogP contribution is -2.43. The summed E-state index contributed by atoms with van der Waals surface area (Å²) in [5.41, 5.74) is 3.45. The van der Waals surface area contributed by atoms with Gasteiger partial charge in [-0.05, 0) is 85.7 Å². The molecule has 10 heteroatoms. The molecule has 1 N–H and O–H groups in total. The van der Waals surface area contributed by atoms with Crippen LogP contribution in [0, 0.1) is 49.3 Å². The fourth-order valence-corrected chi connectivity index (χ4v) is 7.98. The first-order valence-electron chi connectivity index (χ1n) is 14.4. The number of halogens is 3. The molecular weight excluding hydrogens is 606 g/mol. The monoisotopic (exact) mass is 632 g/mol. The average molecular weight is 634 g/mol. The number of carbonyl (C=O) groups excluding carboxylic acids is 4. The Morgan fingerprint density at radius 3 is 1.86 bits per heavy atom. The number of nitrogens with zero attached hydrogens (tertiary/aromatic N) is 2. The van der Waals surface area contributed by atoms with Crippen molar-refractivity contribution in [3.05, 3.63) is 98.8 Å². The third-order valence-electron chi connectivity index (χ3n) is 9.81. The van der Waals surface area contributed by atoms with Crippen LogP contribution in [0.15, 0.2) is 66.2 Å². The quantitative estimate of drug-likeness (QED) is 0.263. The molecule has 3 fully saturated rings. The summed E-state index contributed by atoms with van der Waals surface area (Å²) in [4.78, 5) is 58.3. The van der Waals surface area contributed by atoms with E-state index in [4.69, 9.17) is 23.2 Å². The number of aryl methyl sites for hydroxylation is 2. The number of phenolic OH excluding ortho intramolecular Hbond substituents is 1. The molecule has 4 amide bonds. The van der Waals surface area contributed by atoms with Gasteiger partial charge in [-0.25, -0.2) is 14.2 Å². The predicted molar refractivity (Wildman–Crippen MR) is 163 cm³/mol. The van der Waals surface area contributed by atoms with Gasteiger partial charge in [-0.2, -0.15) is 0 Å². The minimum absolute atomic E-state index is 0.177. The van der Waals surface area contributed by atoms with Gasteiger partial charge in [0.05, 0.1) is 35.0 Å².